The molecule has 0 spiro atoms. The van der Waals surface area contributed by atoms with Crippen molar-refractivity contribution in [3.05, 3.63) is 26.5 Å². The third kappa shape index (κ3) is 15.9. The van der Waals surface area contributed by atoms with Crippen LogP contribution in [-0.4, -0.2) is 0 Å². The third-order valence-electron chi connectivity index (χ3n) is 0.622. The van der Waals surface area contributed by atoms with Gasteiger partial charge in [0.15, 0.2) is 0 Å². The summed E-state index contributed by atoms with van der Waals surface area (Å²) in [5.74, 6) is 0. The molecule has 0 heterocycles. The van der Waals surface area contributed by atoms with Crippen molar-refractivity contribution in [1.82, 2.24) is 0 Å². The molecule has 0 aromatic carbocycles. The summed E-state index contributed by atoms with van der Waals surface area (Å²) in [4.78, 5) is 0. The fourth-order valence-electron chi connectivity index (χ4n) is 0.285. The van der Waals surface area contributed by atoms with Crippen molar-refractivity contribution in [3.8, 4) is 0 Å². The van der Waals surface area contributed by atoms with E-state index in [1.807, 2.05) is 6.08 Å². The Morgan fingerprint density at radius 1 is 1.50 bits per heavy atom. The molecule has 0 aromatic heterocycles. The summed E-state index contributed by atoms with van der Waals surface area (Å²) in [5.41, 5.74) is 0. The fourth-order valence-corrected chi connectivity index (χ4v) is 0.285. The van der Waals surface area contributed by atoms with E-state index in [-0.39, 0.29) is 40.1 Å². The number of rotatable bonds is 2. The van der Waals surface area contributed by atoms with Gasteiger partial charge < -0.3 is 7.43 Å². The summed E-state index contributed by atoms with van der Waals surface area (Å²) in [5, 5.41) is 0. The second kappa shape index (κ2) is 15.6. The predicted molar refractivity (Wildman–Crippen MR) is 35.8 cm³/mol. The first-order chi connectivity index (χ1) is 2.91. The Morgan fingerprint density at radius 2 is 2.00 bits per heavy atom. The second-order valence-electron chi connectivity index (χ2n) is 1.26. The van der Waals surface area contributed by atoms with Gasteiger partial charge in [0.25, 0.3) is 0 Å². The van der Waals surface area contributed by atoms with Gasteiger partial charge >= 0.3 is 32.7 Å². The van der Waals surface area contributed by atoms with Gasteiger partial charge in [-0.3, -0.25) is 0 Å². The first-order valence-electron chi connectivity index (χ1n) is 2.36. The number of unbranched alkanes of at least 4 members (excludes halogenated alkanes) is 1. The van der Waals surface area contributed by atoms with Crippen LogP contribution in [0.2, 0.25) is 0 Å². The van der Waals surface area contributed by atoms with E-state index in [0.29, 0.717) is 0 Å². The van der Waals surface area contributed by atoms with Crippen molar-refractivity contribution in [3.63, 3.8) is 0 Å². The molecule has 0 nitrogen and oxygen atoms in total. The van der Waals surface area contributed by atoms with Gasteiger partial charge in [0.1, 0.15) is 0 Å². The molecule has 0 saturated heterocycles. The molecule has 0 aromatic rings. The van der Waals surface area contributed by atoms with Gasteiger partial charge in [-0.15, -0.1) is 6.42 Å². The van der Waals surface area contributed by atoms with Crippen LogP contribution in [0, 0.1) is 14.4 Å². The van der Waals surface area contributed by atoms with Gasteiger partial charge in [0.05, 0.1) is 0 Å². The Balaban J connectivity index is -0.000000125. The molecule has 0 radical (unpaired) electrons. The van der Waals surface area contributed by atoms with Gasteiger partial charge in [0, 0.05) is 0 Å². The normalized spacial score (nSPS) is 7.62. The average molecular weight is 187 g/mol. The molecular weight excluding hydrogens is 173 g/mol. The van der Waals surface area contributed by atoms with Crippen LogP contribution >= 0.6 is 0 Å². The minimum absolute atomic E-state index is 0. The van der Waals surface area contributed by atoms with Crippen LogP contribution in [0.25, 0.3) is 0 Å². The van der Waals surface area contributed by atoms with Crippen LogP contribution in [0.4, 0.5) is 0 Å². The molecule has 0 bridgehead atoms. The fraction of sp³-hybridized carbons (Fsp3) is 0.429. The third-order valence-corrected chi connectivity index (χ3v) is 0.622. The predicted octanol–water partition coefficient (Wildman–Crippen LogP) is 2.62. The molecule has 0 aliphatic rings. The monoisotopic (exact) mass is 187 g/mol. The zero-order valence-electron chi connectivity index (χ0n) is 5.85. The first kappa shape index (κ1) is 15.9. The number of hydrogen-bond donors (Lipinski definition) is 0. The summed E-state index contributed by atoms with van der Waals surface area (Å²) >= 11 is 0. The van der Waals surface area contributed by atoms with Gasteiger partial charge in [-0.05, 0) is 0 Å². The molecule has 0 N–H and O–H groups in total. The Kier molecular flexibility index (Phi) is 31.1. The Labute approximate surface area is 78.6 Å². The van der Waals surface area contributed by atoms with Gasteiger partial charge in [0.2, 0.25) is 0 Å². The van der Waals surface area contributed by atoms with Crippen LogP contribution in [0.1, 0.15) is 19.8 Å². The van der Waals surface area contributed by atoms with Gasteiger partial charge in [-0.25, -0.2) is 19.1 Å². The van der Waals surface area contributed by atoms with Crippen LogP contribution < -0.4 is 0 Å². The van der Waals surface area contributed by atoms with E-state index >= 15 is 0 Å². The number of hydrogen-bond acceptors (Lipinski definition) is 0. The molecule has 1 heteroatoms. The summed E-state index contributed by atoms with van der Waals surface area (Å²) in [7, 11) is 0. The maximum atomic E-state index is 3.54. The zero-order valence-corrected chi connectivity index (χ0v) is 8.69. The van der Waals surface area contributed by atoms with Gasteiger partial charge in [-0.1, -0.05) is 13.3 Å². The van der Waals surface area contributed by atoms with E-state index < -0.39 is 0 Å². The molecule has 0 aliphatic heterocycles. The summed E-state index contributed by atoms with van der Waals surface area (Å²) in [6.07, 6.45) is 6.30. The minimum atomic E-state index is 0. The maximum Gasteiger partial charge on any atom is 3.00 e. The molecule has 0 unspecified atom stereocenters. The zero-order chi connectivity index (χ0) is 4.83. The molecular formula is C7H14Y+. The standard InChI is InChI=1S/C6H11.CH3.Y/c1-3-5-6-4-2;;/h3,5H,1,4,6H2,2H3;1H3;/q2*-1;+3/b5-3+;;. The Morgan fingerprint density at radius 3 is 2.12 bits per heavy atom. The first-order valence-corrected chi connectivity index (χ1v) is 2.36. The van der Waals surface area contributed by atoms with Crippen molar-refractivity contribution < 1.29 is 32.7 Å². The Bertz CT molecular complexity index is 39.7. The van der Waals surface area contributed by atoms with E-state index in [4.69, 9.17) is 0 Å². The van der Waals surface area contributed by atoms with Crippen LogP contribution in [0.5, 0.6) is 0 Å². The topological polar surface area (TPSA) is 0 Å². The van der Waals surface area contributed by atoms with E-state index in [1.165, 1.54) is 12.8 Å². The van der Waals surface area contributed by atoms with Crippen molar-refractivity contribution >= 4 is 0 Å². The largest absolute Gasteiger partial charge is 3.00 e. The van der Waals surface area contributed by atoms with Gasteiger partial charge in [-0.2, -0.15) is 0 Å². The summed E-state index contributed by atoms with van der Waals surface area (Å²) < 4.78 is 0. The van der Waals surface area contributed by atoms with E-state index in [2.05, 4.69) is 19.9 Å². The molecule has 0 fully saturated rings. The van der Waals surface area contributed by atoms with Crippen LogP contribution in [0.15, 0.2) is 12.2 Å². The second-order valence-corrected chi connectivity index (χ2v) is 1.26. The van der Waals surface area contributed by atoms with Crippen molar-refractivity contribution in [2.45, 2.75) is 19.8 Å². The molecule has 44 valence electrons. The molecule has 0 aliphatic carbocycles. The summed E-state index contributed by atoms with van der Waals surface area (Å²) in [6, 6.07) is 0. The van der Waals surface area contributed by atoms with Crippen molar-refractivity contribution in [1.29, 1.82) is 0 Å². The van der Waals surface area contributed by atoms with Crippen LogP contribution in [0.3, 0.4) is 0 Å². The number of allylic oxidation sites excluding steroid dienone is 2. The van der Waals surface area contributed by atoms with Crippen molar-refractivity contribution in [2.75, 3.05) is 0 Å². The van der Waals surface area contributed by atoms with Crippen molar-refractivity contribution in [2.24, 2.45) is 0 Å². The molecule has 0 rings (SSSR count). The average Bonchev–Trinajstić information content (AvgIpc) is 1.61. The Hall–Kier alpha value is 0.714. The van der Waals surface area contributed by atoms with E-state index in [9.17, 15) is 0 Å². The molecule has 8 heavy (non-hydrogen) atoms. The van der Waals surface area contributed by atoms with E-state index in [0.717, 1.165) is 0 Å². The maximum absolute atomic E-state index is 3.54. The quantitative estimate of drug-likeness (QED) is 0.583. The van der Waals surface area contributed by atoms with E-state index in [1.54, 1.807) is 0 Å². The molecule has 0 amide bonds. The smallest absolute Gasteiger partial charge is 0.358 e. The van der Waals surface area contributed by atoms with Crippen LogP contribution in [-0.2, 0) is 32.7 Å². The molecule has 0 saturated carbocycles. The molecule has 0 atom stereocenters. The summed E-state index contributed by atoms with van der Waals surface area (Å²) in [6.45, 7) is 5.70. The minimum Gasteiger partial charge on any atom is -0.358 e. The SMILES string of the molecule is [CH2-]/C=C/CCC.[CH3-].[Y+3].